The maximum Gasteiger partial charge on any atom is 0.185 e. The standard InChI is InChI=1S/C35H26FNO4/c1-20-7-9-22(10-8-20)32(38)31-30(21-11-15-25(41-2)16-12-21)35(33(39)26-5-3-4-6-27(26)34(35)40)29-18-13-23-19-24(36)14-17-28(23)37(29)31/h3-19,29-31H,1-2H3/t29-,30-,31-/m1/s1. The number of aryl methyl sites for hydroxylation is 1. The molecule has 4 aromatic carbocycles. The van der Waals surface area contributed by atoms with Crippen LogP contribution in [0.15, 0.2) is 97.1 Å². The van der Waals surface area contributed by atoms with E-state index in [1.54, 1.807) is 73.9 Å². The zero-order chi connectivity index (χ0) is 28.5. The van der Waals surface area contributed by atoms with E-state index < -0.39 is 29.2 Å². The maximum absolute atomic E-state index is 14.6. The van der Waals surface area contributed by atoms with E-state index in [1.807, 2.05) is 36.1 Å². The number of nitrogens with zero attached hydrogens (tertiary/aromatic N) is 1. The van der Waals surface area contributed by atoms with Crippen LogP contribution in [0.3, 0.4) is 0 Å². The number of Topliss-reactive ketones (excluding diaryl/α,β-unsaturated/α-hetero) is 3. The van der Waals surface area contributed by atoms with Crippen LogP contribution >= 0.6 is 0 Å². The first-order valence-corrected chi connectivity index (χ1v) is 13.6. The Bertz CT molecular complexity index is 1740. The lowest BCUT2D eigenvalue weighted by Gasteiger charge is -2.37. The molecule has 0 saturated carbocycles. The first kappa shape index (κ1) is 25.1. The van der Waals surface area contributed by atoms with Crippen molar-refractivity contribution in [2.75, 3.05) is 12.0 Å². The highest BCUT2D eigenvalue weighted by Crippen LogP contribution is 2.61. The molecule has 1 fully saturated rings. The monoisotopic (exact) mass is 543 g/mol. The fourth-order valence-corrected chi connectivity index (χ4v) is 7.02. The Labute approximate surface area is 236 Å². The van der Waals surface area contributed by atoms with Gasteiger partial charge in [-0.05, 0) is 42.8 Å². The number of hydrogen-bond donors (Lipinski definition) is 0. The van der Waals surface area contributed by atoms with Gasteiger partial charge in [-0.2, -0.15) is 0 Å². The molecule has 4 aromatic rings. The van der Waals surface area contributed by atoms with Crippen molar-refractivity contribution in [2.24, 2.45) is 5.41 Å². The summed E-state index contributed by atoms with van der Waals surface area (Å²) in [5.41, 5.74) is 2.47. The Hall–Kier alpha value is -4.84. The second kappa shape index (κ2) is 9.10. The van der Waals surface area contributed by atoms with Crippen LogP contribution in [0.2, 0.25) is 0 Å². The molecule has 0 bridgehead atoms. The predicted octanol–water partition coefficient (Wildman–Crippen LogP) is 6.46. The van der Waals surface area contributed by atoms with Gasteiger partial charge in [-0.1, -0.05) is 78.4 Å². The lowest BCUT2D eigenvalue weighted by atomic mass is 9.64. The van der Waals surface area contributed by atoms with Crippen LogP contribution in [0.25, 0.3) is 6.08 Å². The van der Waals surface area contributed by atoms with Crippen molar-refractivity contribution in [3.63, 3.8) is 0 Å². The highest BCUT2D eigenvalue weighted by molar-refractivity contribution is 6.32. The third-order valence-electron chi connectivity index (χ3n) is 8.85. The molecule has 202 valence electrons. The number of halogens is 1. The fraction of sp³-hybridized carbons (Fsp3) is 0.171. The highest BCUT2D eigenvalue weighted by Gasteiger charge is 2.71. The van der Waals surface area contributed by atoms with Gasteiger partial charge in [0.25, 0.3) is 0 Å². The van der Waals surface area contributed by atoms with Gasteiger partial charge in [-0.3, -0.25) is 14.4 Å². The smallest absolute Gasteiger partial charge is 0.185 e. The number of ether oxygens (including phenoxy) is 1. The summed E-state index contributed by atoms with van der Waals surface area (Å²) in [7, 11) is 1.57. The zero-order valence-electron chi connectivity index (χ0n) is 22.5. The van der Waals surface area contributed by atoms with E-state index >= 15 is 0 Å². The quantitative estimate of drug-likeness (QED) is 0.218. The number of ketones is 3. The van der Waals surface area contributed by atoms with Gasteiger partial charge in [0, 0.05) is 33.9 Å². The van der Waals surface area contributed by atoms with E-state index in [4.69, 9.17) is 4.74 Å². The van der Waals surface area contributed by atoms with Crippen molar-refractivity contribution in [1.82, 2.24) is 0 Å². The summed E-state index contributed by atoms with van der Waals surface area (Å²) in [6.07, 6.45) is 3.55. The zero-order valence-corrected chi connectivity index (χ0v) is 22.5. The number of anilines is 1. The highest BCUT2D eigenvalue weighted by atomic mass is 19.1. The Morgan fingerprint density at radius 3 is 2.17 bits per heavy atom. The molecule has 41 heavy (non-hydrogen) atoms. The Morgan fingerprint density at radius 2 is 1.54 bits per heavy atom. The average Bonchev–Trinajstić information content (AvgIpc) is 3.43. The van der Waals surface area contributed by atoms with Crippen molar-refractivity contribution in [1.29, 1.82) is 0 Å². The summed E-state index contributed by atoms with van der Waals surface area (Å²) in [5.74, 6) is -1.44. The van der Waals surface area contributed by atoms with E-state index in [2.05, 4.69) is 0 Å². The van der Waals surface area contributed by atoms with Crippen LogP contribution < -0.4 is 9.64 Å². The second-order valence-electron chi connectivity index (χ2n) is 10.9. The first-order chi connectivity index (χ1) is 19.9. The van der Waals surface area contributed by atoms with E-state index in [0.29, 0.717) is 39.3 Å². The van der Waals surface area contributed by atoms with E-state index in [-0.39, 0.29) is 17.3 Å². The van der Waals surface area contributed by atoms with Crippen molar-refractivity contribution >= 4 is 29.1 Å². The van der Waals surface area contributed by atoms with Crippen LogP contribution in [0.1, 0.15) is 53.7 Å². The lowest BCUT2D eigenvalue weighted by Crippen LogP contribution is -2.48. The van der Waals surface area contributed by atoms with Gasteiger partial charge in [-0.15, -0.1) is 0 Å². The topological polar surface area (TPSA) is 63.7 Å². The van der Waals surface area contributed by atoms with Gasteiger partial charge in [0.05, 0.1) is 13.2 Å². The lowest BCUT2D eigenvalue weighted by molar-refractivity contribution is 0.0666. The summed E-state index contributed by atoms with van der Waals surface area (Å²) in [5, 5.41) is 0. The largest absolute Gasteiger partial charge is 0.497 e. The molecule has 6 heteroatoms. The number of benzene rings is 4. The molecule has 0 radical (unpaired) electrons. The van der Waals surface area contributed by atoms with Crippen LogP contribution in [0.5, 0.6) is 5.75 Å². The van der Waals surface area contributed by atoms with Crippen molar-refractivity contribution < 1.29 is 23.5 Å². The molecule has 0 unspecified atom stereocenters. The molecule has 3 atom stereocenters. The molecule has 1 aliphatic carbocycles. The predicted molar refractivity (Wildman–Crippen MR) is 154 cm³/mol. The molecule has 0 aromatic heterocycles. The molecule has 3 aliphatic rings. The third kappa shape index (κ3) is 3.43. The van der Waals surface area contributed by atoms with Crippen LogP contribution in [-0.2, 0) is 0 Å². The van der Waals surface area contributed by atoms with Crippen molar-refractivity contribution in [2.45, 2.75) is 24.9 Å². The second-order valence-corrected chi connectivity index (χ2v) is 10.9. The van der Waals surface area contributed by atoms with E-state index in [0.717, 1.165) is 5.56 Å². The summed E-state index contributed by atoms with van der Waals surface area (Å²) in [6.45, 7) is 1.95. The number of hydrogen-bond acceptors (Lipinski definition) is 5. The van der Waals surface area contributed by atoms with Gasteiger partial charge in [0.1, 0.15) is 23.0 Å². The van der Waals surface area contributed by atoms with Gasteiger partial charge < -0.3 is 9.64 Å². The van der Waals surface area contributed by atoms with Gasteiger partial charge in [0.15, 0.2) is 17.3 Å². The Balaban J connectivity index is 1.54. The summed E-state index contributed by atoms with van der Waals surface area (Å²) < 4.78 is 19.8. The van der Waals surface area contributed by atoms with Crippen LogP contribution in [0.4, 0.5) is 10.1 Å². The minimum Gasteiger partial charge on any atom is -0.497 e. The van der Waals surface area contributed by atoms with Crippen LogP contribution in [0, 0.1) is 18.2 Å². The molecule has 2 aliphatic heterocycles. The molecule has 0 N–H and O–H groups in total. The maximum atomic E-state index is 14.6. The van der Waals surface area contributed by atoms with Gasteiger partial charge >= 0.3 is 0 Å². The third-order valence-corrected chi connectivity index (χ3v) is 8.85. The number of methoxy groups -OCH3 is 1. The van der Waals surface area contributed by atoms with E-state index in [9.17, 15) is 18.8 Å². The van der Waals surface area contributed by atoms with Crippen LogP contribution in [-0.4, -0.2) is 36.5 Å². The summed E-state index contributed by atoms with van der Waals surface area (Å²) >= 11 is 0. The average molecular weight is 544 g/mol. The molecule has 5 nitrogen and oxygen atoms in total. The van der Waals surface area contributed by atoms with Gasteiger partial charge in [-0.25, -0.2) is 4.39 Å². The number of carbonyl (C=O) groups excluding carboxylic acids is 3. The molecule has 1 spiro atoms. The molecule has 7 rings (SSSR count). The Kier molecular flexibility index (Phi) is 5.58. The Morgan fingerprint density at radius 1 is 0.878 bits per heavy atom. The molecular formula is C35H26FNO4. The number of rotatable bonds is 4. The SMILES string of the molecule is COc1ccc([C@@H]2[C@H](C(=O)c3ccc(C)cc3)N3c4ccc(F)cc4C=C[C@@H]3C23C(=O)c2ccccc2C3=O)cc1. The molecule has 2 heterocycles. The van der Waals surface area contributed by atoms with Crippen molar-refractivity contribution in [3.05, 3.63) is 136 Å². The van der Waals surface area contributed by atoms with E-state index in [1.165, 1.54) is 12.1 Å². The molecular weight excluding hydrogens is 517 g/mol. The summed E-state index contributed by atoms with van der Waals surface area (Å²) in [4.78, 5) is 45.8. The molecule has 1 saturated heterocycles. The van der Waals surface area contributed by atoms with Gasteiger partial charge in [0.2, 0.25) is 0 Å². The molecule has 0 amide bonds. The van der Waals surface area contributed by atoms with Crippen molar-refractivity contribution in [3.8, 4) is 5.75 Å². The minimum absolute atomic E-state index is 0.213. The minimum atomic E-state index is -1.61. The number of carbonyl (C=O) groups is 3. The first-order valence-electron chi connectivity index (χ1n) is 13.6. The fourth-order valence-electron chi connectivity index (χ4n) is 7.02. The summed E-state index contributed by atoms with van der Waals surface area (Å²) in [6, 6.07) is 24.1. The normalized spacial score (nSPS) is 21.5. The number of fused-ring (bicyclic) bond motifs is 5.